The summed E-state index contributed by atoms with van der Waals surface area (Å²) >= 11 is 0. The van der Waals surface area contributed by atoms with E-state index >= 15 is 0 Å². The zero-order valence-corrected chi connectivity index (χ0v) is 12.9. The van der Waals surface area contributed by atoms with Crippen molar-refractivity contribution in [1.82, 2.24) is 15.5 Å². The number of rotatable bonds is 3. The zero-order valence-electron chi connectivity index (χ0n) is 12.9. The van der Waals surface area contributed by atoms with Crippen LogP contribution in [0, 0.1) is 0 Å². The van der Waals surface area contributed by atoms with Crippen molar-refractivity contribution in [2.24, 2.45) is 0 Å². The quantitative estimate of drug-likeness (QED) is 0.912. The number of H-pyrrole nitrogens is 1. The van der Waals surface area contributed by atoms with Crippen LogP contribution >= 0.6 is 0 Å². The van der Waals surface area contributed by atoms with E-state index in [9.17, 15) is 4.79 Å². The summed E-state index contributed by atoms with van der Waals surface area (Å²) in [5.74, 6) is 1.24. The molecule has 6 heteroatoms. The molecule has 0 atom stereocenters. The van der Waals surface area contributed by atoms with Crippen molar-refractivity contribution in [1.29, 1.82) is 0 Å². The van der Waals surface area contributed by atoms with E-state index in [1.54, 1.807) is 6.07 Å². The van der Waals surface area contributed by atoms with Gasteiger partial charge in [0.05, 0.1) is 0 Å². The van der Waals surface area contributed by atoms with Crippen molar-refractivity contribution in [3.8, 4) is 11.5 Å². The maximum atomic E-state index is 12.1. The molecule has 1 aromatic carbocycles. The molecule has 2 heterocycles. The van der Waals surface area contributed by atoms with Crippen LogP contribution in [0.1, 0.15) is 42.5 Å². The van der Waals surface area contributed by atoms with E-state index in [4.69, 9.17) is 9.47 Å². The highest BCUT2D eigenvalue weighted by Crippen LogP contribution is 2.32. The highest BCUT2D eigenvalue weighted by atomic mass is 16.7. The minimum Gasteiger partial charge on any atom is -0.454 e. The summed E-state index contributed by atoms with van der Waals surface area (Å²) in [6, 6.07) is 7.40. The molecule has 116 valence electrons. The standard InChI is InChI=1S/C16H19N3O3/c1-16(2,3)14-7-11(18-19-14)15(20)17-8-10-4-5-12-13(6-10)22-9-21-12/h4-7H,8-9H2,1-3H3,(H,17,20)(H,18,19). The number of carbonyl (C=O) groups is 1. The van der Waals surface area contributed by atoms with Gasteiger partial charge in [-0.3, -0.25) is 9.89 Å². The van der Waals surface area contributed by atoms with Gasteiger partial charge in [-0.25, -0.2) is 0 Å². The van der Waals surface area contributed by atoms with Crippen LogP contribution in [0.3, 0.4) is 0 Å². The Morgan fingerprint density at radius 3 is 2.77 bits per heavy atom. The largest absolute Gasteiger partial charge is 0.454 e. The average molecular weight is 301 g/mol. The predicted molar refractivity (Wildman–Crippen MR) is 81.0 cm³/mol. The second-order valence-electron chi connectivity index (χ2n) is 6.29. The highest BCUT2D eigenvalue weighted by Gasteiger charge is 2.19. The van der Waals surface area contributed by atoms with E-state index in [0.29, 0.717) is 18.0 Å². The molecule has 0 unspecified atom stereocenters. The maximum absolute atomic E-state index is 12.1. The molecule has 22 heavy (non-hydrogen) atoms. The Balaban J connectivity index is 1.64. The van der Waals surface area contributed by atoms with Crippen LogP contribution in [-0.4, -0.2) is 22.9 Å². The monoisotopic (exact) mass is 301 g/mol. The lowest BCUT2D eigenvalue weighted by atomic mass is 9.92. The Morgan fingerprint density at radius 2 is 2.05 bits per heavy atom. The molecule has 0 radical (unpaired) electrons. The fraction of sp³-hybridized carbons (Fsp3) is 0.375. The van der Waals surface area contributed by atoms with E-state index < -0.39 is 0 Å². The van der Waals surface area contributed by atoms with E-state index in [1.807, 2.05) is 18.2 Å². The van der Waals surface area contributed by atoms with Crippen LogP contribution in [0.4, 0.5) is 0 Å². The second kappa shape index (κ2) is 5.36. The van der Waals surface area contributed by atoms with Crippen molar-refractivity contribution in [2.45, 2.75) is 32.7 Å². The molecule has 1 aromatic heterocycles. The molecule has 6 nitrogen and oxygen atoms in total. The molecule has 2 aromatic rings. The van der Waals surface area contributed by atoms with Crippen LogP contribution in [-0.2, 0) is 12.0 Å². The number of fused-ring (bicyclic) bond motifs is 1. The first-order valence-electron chi connectivity index (χ1n) is 7.16. The first-order valence-corrected chi connectivity index (χ1v) is 7.16. The van der Waals surface area contributed by atoms with E-state index in [2.05, 4.69) is 36.3 Å². The van der Waals surface area contributed by atoms with E-state index in [1.165, 1.54) is 0 Å². The fourth-order valence-corrected chi connectivity index (χ4v) is 2.15. The second-order valence-corrected chi connectivity index (χ2v) is 6.29. The Kier molecular flexibility index (Phi) is 3.52. The lowest BCUT2D eigenvalue weighted by molar-refractivity contribution is 0.0946. The molecular formula is C16H19N3O3. The molecule has 0 saturated heterocycles. The van der Waals surface area contributed by atoms with Gasteiger partial charge < -0.3 is 14.8 Å². The molecular weight excluding hydrogens is 282 g/mol. The molecule has 1 aliphatic rings. The SMILES string of the molecule is CC(C)(C)c1cc(C(=O)NCc2ccc3c(c2)OCO3)n[nH]1. The van der Waals surface area contributed by atoms with Crippen molar-refractivity contribution < 1.29 is 14.3 Å². The van der Waals surface area contributed by atoms with Crippen molar-refractivity contribution in [2.75, 3.05) is 6.79 Å². The molecule has 0 spiro atoms. The van der Waals surface area contributed by atoms with Crippen molar-refractivity contribution in [3.63, 3.8) is 0 Å². The Labute approximate surface area is 128 Å². The third-order valence-corrected chi connectivity index (χ3v) is 3.51. The van der Waals surface area contributed by atoms with Gasteiger partial charge in [0.1, 0.15) is 5.69 Å². The number of hydrogen-bond donors (Lipinski definition) is 2. The Hall–Kier alpha value is -2.50. The number of carbonyl (C=O) groups excluding carboxylic acids is 1. The molecule has 1 aliphatic heterocycles. The Morgan fingerprint density at radius 1 is 1.27 bits per heavy atom. The van der Waals surface area contributed by atoms with Gasteiger partial charge in [0, 0.05) is 17.7 Å². The molecule has 0 bridgehead atoms. The molecule has 2 N–H and O–H groups in total. The number of nitrogens with zero attached hydrogens (tertiary/aromatic N) is 1. The number of aromatic amines is 1. The Bertz CT molecular complexity index is 701. The van der Waals surface area contributed by atoms with Crippen LogP contribution < -0.4 is 14.8 Å². The number of hydrogen-bond acceptors (Lipinski definition) is 4. The smallest absolute Gasteiger partial charge is 0.272 e. The minimum atomic E-state index is -0.204. The van der Waals surface area contributed by atoms with E-state index in [0.717, 1.165) is 17.0 Å². The summed E-state index contributed by atoms with van der Waals surface area (Å²) in [6.45, 7) is 6.85. The van der Waals surface area contributed by atoms with Gasteiger partial charge in [-0.05, 0) is 23.8 Å². The molecule has 0 aliphatic carbocycles. The maximum Gasteiger partial charge on any atom is 0.272 e. The van der Waals surface area contributed by atoms with Crippen LogP contribution in [0.5, 0.6) is 11.5 Å². The van der Waals surface area contributed by atoms with Gasteiger partial charge in [0.25, 0.3) is 5.91 Å². The van der Waals surface area contributed by atoms with Crippen LogP contribution in [0.15, 0.2) is 24.3 Å². The van der Waals surface area contributed by atoms with Gasteiger partial charge in [0.15, 0.2) is 11.5 Å². The first-order chi connectivity index (χ1) is 10.4. The zero-order chi connectivity index (χ0) is 15.7. The van der Waals surface area contributed by atoms with Gasteiger partial charge in [0.2, 0.25) is 6.79 Å². The predicted octanol–water partition coefficient (Wildman–Crippen LogP) is 2.37. The lowest BCUT2D eigenvalue weighted by Gasteiger charge is -2.14. The number of amides is 1. The minimum absolute atomic E-state index is 0.0666. The summed E-state index contributed by atoms with van der Waals surface area (Å²) < 4.78 is 10.6. The van der Waals surface area contributed by atoms with Crippen molar-refractivity contribution >= 4 is 5.91 Å². The fourth-order valence-electron chi connectivity index (χ4n) is 2.15. The number of benzene rings is 1. The molecule has 0 fully saturated rings. The summed E-state index contributed by atoms with van der Waals surface area (Å²) in [5.41, 5.74) is 2.21. The van der Waals surface area contributed by atoms with E-state index in [-0.39, 0.29) is 18.1 Å². The normalized spacial score (nSPS) is 13.2. The van der Waals surface area contributed by atoms with Gasteiger partial charge in [-0.1, -0.05) is 26.8 Å². The van der Waals surface area contributed by atoms with Gasteiger partial charge >= 0.3 is 0 Å². The molecule has 0 saturated carbocycles. The number of aromatic nitrogens is 2. The van der Waals surface area contributed by atoms with Gasteiger partial charge in [-0.15, -0.1) is 0 Å². The lowest BCUT2D eigenvalue weighted by Crippen LogP contribution is -2.23. The third-order valence-electron chi connectivity index (χ3n) is 3.51. The van der Waals surface area contributed by atoms with Crippen molar-refractivity contribution in [3.05, 3.63) is 41.2 Å². The average Bonchev–Trinajstić information content (AvgIpc) is 3.12. The van der Waals surface area contributed by atoms with Gasteiger partial charge in [-0.2, -0.15) is 5.10 Å². The van der Waals surface area contributed by atoms with Crippen LogP contribution in [0.2, 0.25) is 0 Å². The summed E-state index contributed by atoms with van der Waals surface area (Å²) in [5, 5.41) is 9.84. The highest BCUT2D eigenvalue weighted by molar-refractivity contribution is 5.92. The molecule has 1 amide bonds. The number of nitrogens with one attached hydrogen (secondary N) is 2. The first kappa shape index (κ1) is 14.4. The molecule has 3 rings (SSSR count). The topological polar surface area (TPSA) is 76.2 Å². The third kappa shape index (κ3) is 2.90. The summed E-state index contributed by atoms with van der Waals surface area (Å²) in [6.07, 6.45) is 0. The van der Waals surface area contributed by atoms with Crippen LogP contribution in [0.25, 0.3) is 0 Å². The summed E-state index contributed by atoms with van der Waals surface area (Å²) in [4.78, 5) is 12.1. The number of ether oxygens (including phenoxy) is 2. The summed E-state index contributed by atoms with van der Waals surface area (Å²) in [7, 11) is 0.